The maximum absolute atomic E-state index is 5.22. The van der Waals surface area contributed by atoms with E-state index in [-0.39, 0.29) is 0 Å². The summed E-state index contributed by atoms with van der Waals surface area (Å²) in [5.74, 6) is 2.34. The summed E-state index contributed by atoms with van der Waals surface area (Å²) < 4.78 is 5.22. The number of piperidine rings is 1. The molecule has 0 aromatic carbocycles. The monoisotopic (exact) mass is 171 g/mol. The Balaban J connectivity index is 2.47. The first-order valence-electron chi connectivity index (χ1n) is 4.82. The molecule has 1 rings (SSSR count). The zero-order valence-corrected chi connectivity index (χ0v) is 8.71. The van der Waals surface area contributed by atoms with E-state index in [1.54, 1.807) is 7.11 Å². The van der Waals surface area contributed by atoms with E-state index in [4.69, 9.17) is 4.74 Å². The van der Waals surface area contributed by atoms with Crippen LogP contribution in [0.25, 0.3) is 0 Å². The van der Waals surface area contributed by atoms with Gasteiger partial charge in [-0.1, -0.05) is 13.8 Å². The second kappa shape index (κ2) is 4.24. The molecular weight excluding hydrogens is 150 g/mol. The van der Waals surface area contributed by atoms with Crippen LogP contribution in [0.1, 0.15) is 13.8 Å². The smallest absolute Gasteiger partial charge is 0.0505 e. The average Bonchev–Trinajstić information content (AvgIpc) is 2.00. The molecule has 0 radical (unpaired) electrons. The third-order valence-electron chi connectivity index (χ3n) is 3.17. The number of nitrogens with zero attached hydrogens (tertiary/aromatic N) is 1. The third kappa shape index (κ3) is 2.20. The molecule has 1 fully saturated rings. The Labute approximate surface area is 75.9 Å². The predicted molar refractivity (Wildman–Crippen MR) is 51.2 cm³/mol. The minimum atomic E-state index is 0.726. The van der Waals surface area contributed by atoms with Gasteiger partial charge in [0.15, 0.2) is 0 Å². The molecule has 3 unspecified atom stereocenters. The van der Waals surface area contributed by atoms with Crippen molar-refractivity contribution in [3.05, 3.63) is 0 Å². The molecular formula is C10H21NO. The topological polar surface area (TPSA) is 12.5 Å². The van der Waals surface area contributed by atoms with E-state index in [1.807, 2.05) is 0 Å². The van der Waals surface area contributed by atoms with Gasteiger partial charge in [0.2, 0.25) is 0 Å². The molecule has 3 atom stereocenters. The van der Waals surface area contributed by atoms with E-state index in [2.05, 4.69) is 25.8 Å². The van der Waals surface area contributed by atoms with Gasteiger partial charge in [0.05, 0.1) is 6.61 Å². The molecule has 0 N–H and O–H groups in total. The van der Waals surface area contributed by atoms with Crippen LogP contribution in [-0.4, -0.2) is 38.8 Å². The second-order valence-electron chi connectivity index (χ2n) is 4.27. The summed E-state index contributed by atoms with van der Waals surface area (Å²) in [5.41, 5.74) is 0. The normalized spacial score (nSPS) is 38.5. The van der Waals surface area contributed by atoms with Crippen LogP contribution in [0.2, 0.25) is 0 Å². The average molecular weight is 171 g/mol. The van der Waals surface area contributed by atoms with Gasteiger partial charge in [-0.2, -0.15) is 0 Å². The van der Waals surface area contributed by atoms with E-state index >= 15 is 0 Å². The molecule has 0 aromatic heterocycles. The summed E-state index contributed by atoms with van der Waals surface area (Å²) in [6.45, 7) is 8.03. The van der Waals surface area contributed by atoms with Crippen molar-refractivity contribution in [2.75, 3.05) is 33.9 Å². The van der Waals surface area contributed by atoms with Gasteiger partial charge in [-0.25, -0.2) is 0 Å². The SMILES string of the molecule is COCC1CN(C)CC(C)C1C. The minimum absolute atomic E-state index is 0.726. The predicted octanol–water partition coefficient (Wildman–Crippen LogP) is 1.47. The molecule has 0 aliphatic carbocycles. The third-order valence-corrected chi connectivity index (χ3v) is 3.17. The van der Waals surface area contributed by atoms with Gasteiger partial charge in [0, 0.05) is 20.2 Å². The van der Waals surface area contributed by atoms with Crippen LogP contribution in [0.4, 0.5) is 0 Å². The molecule has 72 valence electrons. The fourth-order valence-corrected chi connectivity index (χ4v) is 2.18. The number of methoxy groups -OCH3 is 1. The first kappa shape index (κ1) is 10.0. The van der Waals surface area contributed by atoms with Gasteiger partial charge < -0.3 is 9.64 Å². The Morgan fingerprint density at radius 3 is 2.58 bits per heavy atom. The molecule has 2 heteroatoms. The zero-order chi connectivity index (χ0) is 9.14. The number of rotatable bonds is 2. The number of likely N-dealkylation sites (tertiary alicyclic amines) is 1. The van der Waals surface area contributed by atoms with Crippen LogP contribution in [0.15, 0.2) is 0 Å². The van der Waals surface area contributed by atoms with Gasteiger partial charge in [0.1, 0.15) is 0 Å². The van der Waals surface area contributed by atoms with Crippen molar-refractivity contribution < 1.29 is 4.74 Å². The summed E-state index contributed by atoms with van der Waals surface area (Å²) in [6.07, 6.45) is 0. The summed E-state index contributed by atoms with van der Waals surface area (Å²) in [6, 6.07) is 0. The van der Waals surface area contributed by atoms with E-state index in [1.165, 1.54) is 13.1 Å². The van der Waals surface area contributed by atoms with Crippen LogP contribution in [-0.2, 0) is 4.74 Å². The van der Waals surface area contributed by atoms with Crippen LogP contribution >= 0.6 is 0 Å². The minimum Gasteiger partial charge on any atom is -0.384 e. The second-order valence-corrected chi connectivity index (χ2v) is 4.27. The van der Waals surface area contributed by atoms with Crippen molar-refractivity contribution in [2.24, 2.45) is 17.8 Å². The van der Waals surface area contributed by atoms with Gasteiger partial charge in [0.25, 0.3) is 0 Å². The first-order chi connectivity index (χ1) is 5.65. The highest BCUT2D eigenvalue weighted by Crippen LogP contribution is 2.27. The first-order valence-corrected chi connectivity index (χ1v) is 4.82. The lowest BCUT2D eigenvalue weighted by molar-refractivity contribution is 0.0386. The van der Waals surface area contributed by atoms with E-state index in [0.29, 0.717) is 0 Å². The van der Waals surface area contributed by atoms with Crippen LogP contribution in [0, 0.1) is 17.8 Å². The lowest BCUT2D eigenvalue weighted by atomic mass is 9.80. The Morgan fingerprint density at radius 2 is 2.00 bits per heavy atom. The van der Waals surface area contributed by atoms with E-state index in [0.717, 1.165) is 24.4 Å². The van der Waals surface area contributed by atoms with Crippen LogP contribution in [0.3, 0.4) is 0 Å². The van der Waals surface area contributed by atoms with Crippen LogP contribution < -0.4 is 0 Å². The Bertz CT molecular complexity index is 138. The molecule has 1 saturated heterocycles. The lowest BCUT2D eigenvalue weighted by Gasteiger charge is -2.39. The van der Waals surface area contributed by atoms with Gasteiger partial charge in [-0.3, -0.25) is 0 Å². The van der Waals surface area contributed by atoms with Crippen molar-refractivity contribution >= 4 is 0 Å². The zero-order valence-electron chi connectivity index (χ0n) is 8.71. The largest absolute Gasteiger partial charge is 0.384 e. The van der Waals surface area contributed by atoms with Crippen molar-refractivity contribution in [2.45, 2.75) is 13.8 Å². The molecule has 0 aromatic rings. The van der Waals surface area contributed by atoms with E-state index < -0.39 is 0 Å². The highest BCUT2D eigenvalue weighted by molar-refractivity contribution is 4.80. The quantitative estimate of drug-likeness (QED) is 0.624. The lowest BCUT2D eigenvalue weighted by Crippen LogP contribution is -2.43. The van der Waals surface area contributed by atoms with Crippen LogP contribution in [0.5, 0.6) is 0 Å². The number of hydrogen-bond acceptors (Lipinski definition) is 2. The molecule has 1 aliphatic rings. The summed E-state index contributed by atoms with van der Waals surface area (Å²) >= 11 is 0. The molecule has 0 spiro atoms. The number of hydrogen-bond donors (Lipinski definition) is 0. The fourth-order valence-electron chi connectivity index (χ4n) is 2.18. The summed E-state index contributed by atoms with van der Waals surface area (Å²) in [4.78, 5) is 2.41. The van der Waals surface area contributed by atoms with Crippen molar-refractivity contribution in [1.82, 2.24) is 4.90 Å². The number of ether oxygens (including phenoxy) is 1. The Morgan fingerprint density at radius 1 is 1.33 bits per heavy atom. The molecule has 0 amide bonds. The summed E-state index contributed by atoms with van der Waals surface area (Å²) in [7, 11) is 4.00. The molecule has 1 aliphatic heterocycles. The molecule has 0 bridgehead atoms. The van der Waals surface area contributed by atoms with Crippen molar-refractivity contribution in [1.29, 1.82) is 0 Å². The van der Waals surface area contributed by atoms with E-state index in [9.17, 15) is 0 Å². The molecule has 1 heterocycles. The van der Waals surface area contributed by atoms with Gasteiger partial charge >= 0.3 is 0 Å². The van der Waals surface area contributed by atoms with Gasteiger partial charge in [-0.15, -0.1) is 0 Å². The molecule has 2 nitrogen and oxygen atoms in total. The molecule has 0 saturated carbocycles. The molecule has 12 heavy (non-hydrogen) atoms. The fraction of sp³-hybridized carbons (Fsp3) is 1.00. The van der Waals surface area contributed by atoms with Crippen molar-refractivity contribution in [3.8, 4) is 0 Å². The summed E-state index contributed by atoms with van der Waals surface area (Å²) in [5, 5.41) is 0. The maximum Gasteiger partial charge on any atom is 0.0505 e. The highest BCUT2D eigenvalue weighted by Gasteiger charge is 2.29. The maximum atomic E-state index is 5.22. The Kier molecular flexibility index (Phi) is 3.53. The van der Waals surface area contributed by atoms with Gasteiger partial charge in [-0.05, 0) is 24.8 Å². The standard InChI is InChI=1S/C10H21NO/c1-8-5-11(3)6-10(7-12-4)9(8)2/h8-10H,5-7H2,1-4H3. The van der Waals surface area contributed by atoms with Crippen molar-refractivity contribution in [3.63, 3.8) is 0 Å². The Hall–Kier alpha value is -0.0800. The highest BCUT2D eigenvalue weighted by atomic mass is 16.5.